The first-order chi connectivity index (χ1) is 7.50. The summed E-state index contributed by atoms with van der Waals surface area (Å²) in [6, 6.07) is 5.05. The molecule has 2 rings (SSSR count). The molecule has 0 aromatic heterocycles. The fourth-order valence-electron chi connectivity index (χ4n) is 1.59. The largest absolute Gasteiger partial charge is 0.340 e. The highest BCUT2D eigenvalue weighted by molar-refractivity contribution is 6.06. The first-order valence-electron chi connectivity index (χ1n) is 4.94. The van der Waals surface area contributed by atoms with E-state index < -0.39 is 0 Å². The number of aryl methyl sites for hydroxylation is 1. The number of hydrogen-bond donors (Lipinski definition) is 1. The molecule has 0 radical (unpaired) electrons. The lowest BCUT2D eigenvalue weighted by atomic mass is 10.1. The van der Waals surface area contributed by atoms with Crippen molar-refractivity contribution in [3.63, 3.8) is 0 Å². The number of carbonyl (C=O) groups is 2. The van der Waals surface area contributed by atoms with Crippen molar-refractivity contribution in [2.75, 3.05) is 19.4 Å². The molecule has 1 aromatic carbocycles. The Morgan fingerprint density at radius 2 is 1.81 bits per heavy atom. The summed E-state index contributed by atoms with van der Waals surface area (Å²) in [5.74, 6) is -0.195. The first kappa shape index (κ1) is 10.5. The highest BCUT2D eigenvalue weighted by atomic mass is 16.2. The van der Waals surface area contributed by atoms with Gasteiger partial charge in [-0.05, 0) is 19.1 Å². The molecular weight excluding hydrogens is 206 g/mol. The Morgan fingerprint density at radius 3 is 2.50 bits per heavy atom. The Labute approximate surface area is 93.6 Å². The number of nitrogens with zero attached hydrogens (tertiary/aromatic N) is 2. The highest BCUT2D eigenvalue weighted by Crippen LogP contribution is 2.22. The fourth-order valence-corrected chi connectivity index (χ4v) is 1.59. The van der Waals surface area contributed by atoms with Crippen LogP contribution in [0.4, 0.5) is 10.5 Å². The van der Waals surface area contributed by atoms with Gasteiger partial charge in [-0.15, -0.1) is 0 Å². The molecule has 1 N–H and O–H groups in total. The number of nitrogens with one attached hydrogen (secondary N) is 1. The van der Waals surface area contributed by atoms with E-state index >= 15 is 0 Å². The Hall–Kier alpha value is -2.04. The lowest BCUT2D eigenvalue weighted by Gasteiger charge is -2.24. The number of anilines is 1. The third-order valence-corrected chi connectivity index (χ3v) is 2.68. The Bertz CT molecular complexity index is 470. The zero-order chi connectivity index (χ0) is 11.9. The van der Waals surface area contributed by atoms with Gasteiger partial charge in [0.1, 0.15) is 0 Å². The molecule has 0 unspecified atom stereocenters. The Kier molecular flexibility index (Phi) is 2.30. The SMILES string of the molecule is Cc1ccc2c(c1)C(=O)N(C)N(C)C(=O)N2. The molecule has 5 heteroatoms. The monoisotopic (exact) mass is 219 g/mol. The summed E-state index contributed by atoms with van der Waals surface area (Å²) in [5.41, 5.74) is 2.05. The van der Waals surface area contributed by atoms with Crippen LogP contribution in [-0.2, 0) is 0 Å². The van der Waals surface area contributed by atoms with Crippen LogP contribution in [0.3, 0.4) is 0 Å². The predicted molar refractivity (Wildman–Crippen MR) is 60.1 cm³/mol. The Balaban J connectivity index is 2.56. The van der Waals surface area contributed by atoms with Gasteiger partial charge in [0.05, 0.1) is 11.3 Å². The lowest BCUT2D eigenvalue weighted by Crippen LogP contribution is -2.44. The van der Waals surface area contributed by atoms with Crippen LogP contribution in [0.5, 0.6) is 0 Å². The molecule has 5 nitrogen and oxygen atoms in total. The summed E-state index contributed by atoms with van der Waals surface area (Å²) in [6.45, 7) is 1.91. The van der Waals surface area contributed by atoms with Gasteiger partial charge in [-0.2, -0.15) is 0 Å². The van der Waals surface area contributed by atoms with E-state index in [1.165, 1.54) is 10.0 Å². The Morgan fingerprint density at radius 1 is 1.12 bits per heavy atom. The number of urea groups is 1. The second-order valence-corrected chi connectivity index (χ2v) is 3.83. The molecule has 0 aliphatic carbocycles. The van der Waals surface area contributed by atoms with E-state index in [4.69, 9.17) is 0 Å². The molecule has 1 aliphatic heterocycles. The molecule has 0 fully saturated rings. The van der Waals surface area contributed by atoms with Crippen molar-refractivity contribution in [2.24, 2.45) is 0 Å². The molecule has 0 spiro atoms. The second kappa shape index (κ2) is 3.52. The molecule has 3 amide bonds. The number of fused-ring (bicyclic) bond motifs is 1. The molecule has 0 atom stereocenters. The van der Waals surface area contributed by atoms with Crippen molar-refractivity contribution in [3.05, 3.63) is 29.3 Å². The van der Waals surface area contributed by atoms with Crippen LogP contribution in [0.2, 0.25) is 0 Å². The number of hydrogen-bond acceptors (Lipinski definition) is 2. The summed E-state index contributed by atoms with van der Waals surface area (Å²) in [6.07, 6.45) is 0. The first-order valence-corrected chi connectivity index (χ1v) is 4.94. The van der Waals surface area contributed by atoms with Gasteiger partial charge >= 0.3 is 6.03 Å². The molecule has 0 saturated heterocycles. The van der Waals surface area contributed by atoms with E-state index in [1.807, 2.05) is 13.0 Å². The van der Waals surface area contributed by atoms with Gasteiger partial charge in [0.25, 0.3) is 5.91 Å². The zero-order valence-corrected chi connectivity index (χ0v) is 9.44. The van der Waals surface area contributed by atoms with Crippen LogP contribution >= 0.6 is 0 Å². The summed E-state index contributed by atoms with van der Waals surface area (Å²) in [4.78, 5) is 23.7. The van der Waals surface area contributed by atoms with Crippen molar-refractivity contribution >= 4 is 17.6 Å². The van der Waals surface area contributed by atoms with Crippen molar-refractivity contribution in [1.29, 1.82) is 0 Å². The van der Waals surface area contributed by atoms with Crippen molar-refractivity contribution < 1.29 is 9.59 Å². The third-order valence-electron chi connectivity index (χ3n) is 2.68. The minimum Gasteiger partial charge on any atom is -0.306 e. The number of hydrazine groups is 1. The average molecular weight is 219 g/mol. The van der Waals surface area contributed by atoms with E-state index in [2.05, 4.69) is 5.32 Å². The average Bonchev–Trinajstić information content (AvgIpc) is 2.34. The van der Waals surface area contributed by atoms with Gasteiger partial charge in [0.2, 0.25) is 0 Å². The normalized spacial score (nSPS) is 15.7. The topological polar surface area (TPSA) is 52.7 Å². The minimum atomic E-state index is -0.321. The van der Waals surface area contributed by atoms with Gasteiger partial charge in [0, 0.05) is 14.1 Å². The predicted octanol–water partition coefficient (Wildman–Crippen LogP) is 1.46. The van der Waals surface area contributed by atoms with Gasteiger partial charge in [-0.25, -0.2) is 14.8 Å². The molecule has 0 saturated carbocycles. The molecule has 1 heterocycles. The molecule has 16 heavy (non-hydrogen) atoms. The number of rotatable bonds is 0. The van der Waals surface area contributed by atoms with E-state index in [1.54, 1.807) is 26.2 Å². The van der Waals surface area contributed by atoms with E-state index in [0.717, 1.165) is 5.56 Å². The maximum absolute atomic E-state index is 12.0. The fraction of sp³-hybridized carbons (Fsp3) is 0.273. The number of benzene rings is 1. The molecule has 0 bridgehead atoms. The maximum Gasteiger partial charge on any atom is 0.340 e. The molecular formula is C11H13N3O2. The van der Waals surface area contributed by atoms with Crippen LogP contribution in [0.25, 0.3) is 0 Å². The summed E-state index contributed by atoms with van der Waals surface area (Å²) in [7, 11) is 3.12. The van der Waals surface area contributed by atoms with Crippen LogP contribution in [0.15, 0.2) is 18.2 Å². The molecule has 1 aliphatic rings. The summed E-state index contributed by atoms with van der Waals surface area (Å²) in [5, 5.41) is 5.22. The second-order valence-electron chi connectivity index (χ2n) is 3.83. The van der Waals surface area contributed by atoms with E-state index in [0.29, 0.717) is 11.3 Å². The van der Waals surface area contributed by atoms with Crippen LogP contribution in [0.1, 0.15) is 15.9 Å². The van der Waals surface area contributed by atoms with Crippen LogP contribution in [-0.4, -0.2) is 36.1 Å². The van der Waals surface area contributed by atoms with Gasteiger partial charge in [-0.1, -0.05) is 11.6 Å². The van der Waals surface area contributed by atoms with Crippen molar-refractivity contribution in [3.8, 4) is 0 Å². The van der Waals surface area contributed by atoms with Gasteiger partial charge < -0.3 is 5.32 Å². The minimum absolute atomic E-state index is 0.195. The van der Waals surface area contributed by atoms with Crippen molar-refractivity contribution in [1.82, 2.24) is 10.0 Å². The maximum atomic E-state index is 12.0. The van der Waals surface area contributed by atoms with Gasteiger partial charge in [0.15, 0.2) is 0 Å². The number of carbonyl (C=O) groups excluding carboxylic acids is 2. The quantitative estimate of drug-likeness (QED) is 0.718. The van der Waals surface area contributed by atoms with E-state index in [-0.39, 0.29) is 11.9 Å². The highest BCUT2D eigenvalue weighted by Gasteiger charge is 2.27. The summed E-state index contributed by atoms with van der Waals surface area (Å²) < 4.78 is 0. The summed E-state index contributed by atoms with van der Waals surface area (Å²) >= 11 is 0. The van der Waals surface area contributed by atoms with Crippen LogP contribution in [0, 0.1) is 6.92 Å². The lowest BCUT2D eigenvalue weighted by molar-refractivity contribution is 0.0417. The third kappa shape index (κ3) is 1.50. The smallest absolute Gasteiger partial charge is 0.306 e. The van der Waals surface area contributed by atoms with E-state index in [9.17, 15) is 9.59 Å². The number of amides is 3. The molecule has 84 valence electrons. The van der Waals surface area contributed by atoms with Crippen LogP contribution < -0.4 is 5.32 Å². The zero-order valence-electron chi connectivity index (χ0n) is 9.44. The van der Waals surface area contributed by atoms with Gasteiger partial charge in [-0.3, -0.25) is 4.79 Å². The standard InChI is InChI=1S/C11H13N3O2/c1-7-4-5-9-8(6-7)10(15)13(2)14(3)11(16)12-9/h4-6H,1-3H3,(H,12,16). The molecule has 1 aromatic rings. The van der Waals surface area contributed by atoms with Crippen molar-refractivity contribution in [2.45, 2.75) is 6.92 Å².